The molecule has 1 saturated heterocycles. The van der Waals surface area contributed by atoms with Gasteiger partial charge < -0.3 is 20.9 Å². The maximum Gasteiger partial charge on any atom is 0.251 e. The van der Waals surface area contributed by atoms with Crippen molar-refractivity contribution in [3.8, 4) is 0 Å². The Labute approximate surface area is 194 Å². The number of hydrogen-bond acceptors (Lipinski definition) is 3. The van der Waals surface area contributed by atoms with Crippen molar-refractivity contribution >= 4 is 47.4 Å². The molecule has 160 valence electrons. The zero-order chi connectivity index (χ0) is 20.6. The van der Waals surface area contributed by atoms with E-state index in [4.69, 9.17) is 0 Å². The number of amides is 2. The van der Waals surface area contributed by atoms with Crippen LogP contribution in [0.5, 0.6) is 0 Å². The van der Waals surface area contributed by atoms with E-state index in [0.29, 0.717) is 31.0 Å². The number of nitrogens with one attached hydrogen (secondary N) is 3. The Morgan fingerprint density at radius 1 is 1.13 bits per heavy atom. The first-order valence-electron chi connectivity index (χ1n) is 9.82. The summed E-state index contributed by atoms with van der Waals surface area (Å²) in [7, 11) is 1.61. The van der Waals surface area contributed by atoms with Gasteiger partial charge >= 0.3 is 0 Å². The third-order valence-corrected chi connectivity index (χ3v) is 4.74. The van der Waals surface area contributed by atoms with Crippen molar-refractivity contribution in [2.45, 2.75) is 25.9 Å². The van der Waals surface area contributed by atoms with E-state index in [-0.39, 0.29) is 41.8 Å². The standard InChI is InChI=1S/C22H27N5O2.HI/c1-3-24-22(25-14-16-9-11-17(12-10-16)21(29)23-2)26-18-13-20(28)27(15-18)19-7-5-4-6-8-19;/h4-12,18H,3,13-15H2,1-2H3,(H,23,29)(H2,24,25,26);1H. The van der Waals surface area contributed by atoms with Gasteiger partial charge in [-0.15, -0.1) is 24.0 Å². The topological polar surface area (TPSA) is 85.8 Å². The SMILES string of the molecule is CCNC(=NCc1ccc(C(=O)NC)cc1)NC1CC(=O)N(c2ccccc2)C1.I. The molecule has 0 bridgehead atoms. The minimum absolute atomic E-state index is 0. The number of carbonyl (C=O) groups excluding carboxylic acids is 2. The largest absolute Gasteiger partial charge is 0.357 e. The number of aliphatic imine (C=N–C) groups is 1. The lowest BCUT2D eigenvalue weighted by atomic mass is 10.1. The van der Waals surface area contributed by atoms with Gasteiger partial charge in [0, 0.05) is 37.8 Å². The maximum atomic E-state index is 12.4. The molecule has 3 N–H and O–H groups in total. The molecule has 7 nitrogen and oxygen atoms in total. The van der Waals surface area contributed by atoms with Gasteiger partial charge in [-0.3, -0.25) is 9.59 Å². The van der Waals surface area contributed by atoms with Crippen LogP contribution in [-0.2, 0) is 11.3 Å². The molecule has 0 radical (unpaired) electrons. The fourth-order valence-corrected chi connectivity index (χ4v) is 3.25. The third kappa shape index (κ3) is 6.19. The summed E-state index contributed by atoms with van der Waals surface area (Å²) >= 11 is 0. The molecule has 0 aromatic heterocycles. The molecule has 1 aliphatic heterocycles. The molecule has 8 heteroatoms. The second-order valence-electron chi connectivity index (χ2n) is 6.86. The summed E-state index contributed by atoms with van der Waals surface area (Å²) in [4.78, 5) is 30.5. The van der Waals surface area contributed by atoms with Gasteiger partial charge in [-0.1, -0.05) is 30.3 Å². The van der Waals surface area contributed by atoms with Crippen LogP contribution in [0.15, 0.2) is 59.6 Å². The summed E-state index contributed by atoms with van der Waals surface area (Å²) in [5.41, 5.74) is 2.54. The molecule has 1 atom stereocenters. The minimum Gasteiger partial charge on any atom is -0.357 e. The maximum absolute atomic E-state index is 12.4. The van der Waals surface area contributed by atoms with E-state index in [1.165, 1.54) is 0 Å². The average molecular weight is 521 g/mol. The van der Waals surface area contributed by atoms with E-state index in [1.54, 1.807) is 24.1 Å². The van der Waals surface area contributed by atoms with Gasteiger partial charge in [0.05, 0.1) is 12.6 Å². The molecular weight excluding hydrogens is 493 g/mol. The summed E-state index contributed by atoms with van der Waals surface area (Å²) in [5.74, 6) is 0.675. The molecule has 3 rings (SSSR count). The number of hydrogen-bond donors (Lipinski definition) is 3. The van der Waals surface area contributed by atoms with E-state index >= 15 is 0 Å². The van der Waals surface area contributed by atoms with Crippen LogP contribution in [0.2, 0.25) is 0 Å². The van der Waals surface area contributed by atoms with Crippen LogP contribution in [0.1, 0.15) is 29.3 Å². The lowest BCUT2D eigenvalue weighted by Gasteiger charge is -2.19. The number of guanidine groups is 1. The van der Waals surface area contributed by atoms with Gasteiger partial charge in [0.15, 0.2) is 5.96 Å². The van der Waals surface area contributed by atoms with E-state index in [9.17, 15) is 9.59 Å². The van der Waals surface area contributed by atoms with E-state index in [2.05, 4.69) is 20.9 Å². The van der Waals surface area contributed by atoms with Gasteiger partial charge in [-0.25, -0.2) is 4.99 Å². The monoisotopic (exact) mass is 521 g/mol. The van der Waals surface area contributed by atoms with Gasteiger partial charge in [0.25, 0.3) is 5.91 Å². The lowest BCUT2D eigenvalue weighted by Crippen LogP contribution is -2.44. The zero-order valence-corrected chi connectivity index (χ0v) is 19.6. The Balaban J connectivity index is 0.00000320. The summed E-state index contributed by atoms with van der Waals surface area (Å²) in [6, 6.07) is 17.1. The summed E-state index contributed by atoms with van der Waals surface area (Å²) in [6.07, 6.45) is 0.431. The first-order chi connectivity index (χ1) is 14.1. The number of para-hydroxylation sites is 1. The highest BCUT2D eigenvalue weighted by Gasteiger charge is 2.31. The Morgan fingerprint density at radius 2 is 1.83 bits per heavy atom. The Hall–Kier alpha value is -2.62. The molecule has 30 heavy (non-hydrogen) atoms. The highest BCUT2D eigenvalue weighted by Crippen LogP contribution is 2.21. The van der Waals surface area contributed by atoms with Gasteiger partial charge in [0.1, 0.15) is 0 Å². The molecule has 2 aromatic carbocycles. The van der Waals surface area contributed by atoms with E-state index in [0.717, 1.165) is 17.8 Å². The first-order valence-corrected chi connectivity index (χ1v) is 9.82. The van der Waals surface area contributed by atoms with Crippen LogP contribution < -0.4 is 20.9 Å². The lowest BCUT2D eigenvalue weighted by molar-refractivity contribution is -0.117. The fourth-order valence-electron chi connectivity index (χ4n) is 3.25. The fraction of sp³-hybridized carbons (Fsp3) is 0.318. The predicted octanol–water partition coefficient (Wildman–Crippen LogP) is 2.52. The van der Waals surface area contributed by atoms with Crippen LogP contribution in [0.4, 0.5) is 5.69 Å². The number of nitrogens with zero attached hydrogens (tertiary/aromatic N) is 2. The first kappa shape index (κ1) is 23.7. The molecule has 0 aliphatic carbocycles. The molecule has 1 fully saturated rings. The van der Waals surface area contributed by atoms with Crippen LogP contribution >= 0.6 is 24.0 Å². The molecule has 0 saturated carbocycles. The Morgan fingerprint density at radius 3 is 2.47 bits per heavy atom. The second kappa shape index (κ2) is 11.5. The summed E-state index contributed by atoms with van der Waals surface area (Å²) in [6.45, 7) is 3.82. The van der Waals surface area contributed by atoms with Crippen LogP contribution in [0.3, 0.4) is 0 Å². The highest BCUT2D eigenvalue weighted by molar-refractivity contribution is 14.0. The molecule has 0 spiro atoms. The number of rotatable bonds is 6. The molecule has 2 aromatic rings. The van der Waals surface area contributed by atoms with Crippen LogP contribution in [-0.4, -0.2) is 44.0 Å². The number of carbonyl (C=O) groups is 2. The molecule has 1 unspecified atom stereocenters. The van der Waals surface area contributed by atoms with E-state index < -0.39 is 0 Å². The third-order valence-electron chi connectivity index (χ3n) is 4.74. The van der Waals surface area contributed by atoms with Crippen molar-refractivity contribution in [3.05, 3.63) is 65.7 Å². The molecule has 1 aliphatic rings. The molecular formula is C22H28IN5O2. The van der Waals surface area contributed by atoms with Crippen molar-refractivity contribution < 1.29 is 9.59 Å². The molecule has 2 amide bonds. The summed E-state index contributed by atoms with van der Waals surface area (Å²) in [5, 5.41) is 9.21. The molecule has 1 heterocycles. The highest BCUT2D eigenvalue weighted by atomic mass is 127. The predicted molar refractivity (Wildman–Crippen MR) is 130 cm³/mol. The number of anilines is 1. The number of halogens is 1. The second-order valence-corrected chi connectivity index (χ2v) is 6.86. The van der Waals surface area contributed by atoms with Gasteiger partial charge in [0.2, 0.25) is 5.91 Å². The zero-order valence-electron chi connectivity index (χ0n) is 17.2. The minimum atomic E-state index is -0.107. The van der Waals surface area contributed by atoms with Crippen molar-refractivity contribution in [2.75, 3.05) is 25.0 Å². The van der Waals surface area contributed by atoms with Gasteiger partial charge in [-0.2, -0.15) is 0 Å². The normalized spacial score (nSPS) is 16.1. The van der Waals surface area contributed by atoms with E-state index in [1.807, 2.05) is 49.4 Å². The Bertz CT molecular complexity index is 871. The van der Waals surface area contributed by atoms with Crippen molar-refractivity contribution in [1.29, 1.82) is 0 Å². The van der Waals surface area contributed by atoms with Gasteiger partial charge in [-0.05, 0) is 36.8 Å². The van der Waals surface area contributed by atoms with Crippen molar-refractivity contribution in [1.82, 2.24) is 16.0 Å². The van der Waals surface area contributed by atoms with Crippen LogP contribution in [0, 0.1) is 0 Å². The van der Waals surface area contributed by atoms with Crippen molar-refractivity contribution in [3.63, 3.8) is 0 Å². The average Bonchev–Trinajstić information content (AvgIpc) is 3.12. The Kier molecular flexibility index (Phi) is 9.10. The number of benzene rings is 2. The quantitative estimate of drug-likeness (QED) is 0.310. The summed E-state index contributed by atoms with van der Waals surface area (Å²) < 4.78 is 0. The van der Waals surface area contributed by atoms with Crippen molar-refractivity contribution in [2.24, 2.45) is 4.99 Å². The smallest absolute Gasteiger partial charge is 0.251 e. The van der Waals surface area contributed by atoms with Crippen LogP contribution in [0.25, 0.3) is 0 Å².